The van der Waals surface area contributed by atoms with Gasteiger partial charge < -0.3 is 10.0 Å². The lowest BCUT2D eigenvalue weighted by Crippen LogP contribution is -2.41. The number of halogens is 2. The van der Waals surface area contributed by atoms with E-state index in [-0.39, 0.29) is 12.1 Å². The van der Waals surface area contributed by atoms with Gasteiger partial charge in [-0.05, 0) is 55.9 Å². The molecule has 1 aliphatic rings. The monoisotopic (exact) mass is 564 g/mol. The van der Waals surface area contributed by atoms with Gasteiger partial charge in [0, 0.05) is 35.8 Å². The Bertz CT molecular complexity index is 1410. The van der Waals surface area contributed by atoms with Crippen LogP contribution < -0.4 is 4.90 Å². The Balaban J connectivity index is 1.49. The minimum atomic E-state index is -1.79. The lowest BCUT2D eigenvalue weighted by Gasteiger charge is -2.35. The van der Waals surface area contributed by atoms with Crippen molar-refractivity contribution in [2.75, 3.05) is 18.0 Å². The largest absolute Gasteiger partial charge is 0.381 e. The number of aliphatic hydroxyl groups is 1. The molecule has 1 fully saturated rings. The maximum Gasteiger partial charge on any atom is 0.137 e. The van der Waals surface area contributed by atoms with Gasteiger partial charge in [-0.3, -0.25) is 4.68 Å². The molecule has 7 nitrogen and oxygen atoms in total. The molecular weight excluding hydrogens is 522 g/mol. The van der Waals surface area contributed by atoms with Crippen molar-refractivity contribution in [2.45, 2.75) is 83.9 Å². The molecule has 1 saturated carbocycles. The molecular formula is C32H42F2N6O. The van der Waals surface area contributed by atoms with Crippen molar-refractivity contribution < 1.29 is 13.9 Å². The van der Waals surface area contributed by atoms with Crippen LogP contribution in [-0.2, 0) is 12.1 Å². The number of fused-ring (bicyclic) bond motifs is 1. The Morgan fingerprint density at radius 1 is 1.05 bits per heavy atom. The van der Waals surface area contributed by atoms with E-state index in [9.17, 15) is 9.50 Å². The van der Waals surface area contributed by atoms with Crippen LogP contribution in [0.3, 0.4) is 0 Å². The van der Waals surface area contributed by atoms with Crippen molar-refractivity contribution in [3.8, 4) is 0 Å². The molecule has 4 aromatic rings. The first-order chi connectivity index (χ1) is 19.8. The summed E-state index contributed by atoms with van der Waals surface area (Å²) in [5, 5.41) is 21.8. The van der Waals surface area contributed by atoms with E-state index in [0.29, 0.717) is 11.8 Å². The smallest absolute Gasteiger partial charge is 0.137 e. The van der Waals surface area contributed by atoms with Gasteiger partial charge in [-0.15, -0.1) is 0 Å². The van der Waals surface area contributed by atoms with Crippen molar-refractivity contribution >= 4 is 16.6 Å². The lowest BCUT2D eigenvalue weighted by atomic mass is 9.86. The molecule has 2 aromatic carbocycles. The molecule has 1 aliphatic carbocycles. The quantitative estimate of drug-likeness (QED) is 0.203. The van der Waals surface area contributed by atoms with Gasteiger partial charge >= 0.3 is 0 Å². The van der Waals surface area contributed by atoms with Gasteiger partial charge in [-0.1, -0.05) is 52.0 Å². The molecule has 2 atom stereocenters. The second kappa shape index (κ2) is 12.7. The number of benzene rings is 2. The van der Waals surface area contributed by atoms with Gasteiger partial charge in [0.2, 0.25) is 0 Å². The predicted molar refractivity (Wildman–Crippen MR) is 158 cm³/mol. The van der Waals surface area contributed by atoms with Crippen LogP contribution in [0.4, 0.5) is 14.5 Å². The van der Waals surface area contributed by atoms with Crippen LogP contribution in [0.1, 0.15) is 77.3 Å². The molecule has 0 amide bonds. The van der Waals surface area contributed by atoms with Gasteiger partial charge in [0.25, 0.3) is 0 Å². The molecule has 5 rings (SSSR count). The van der Waals surface area contributed by atoms with Crippen LogP contribution in [0.15, 0.2) is 55.2 Å². The third-order valence-electron chi connectivity index (χ3n) is 9.11. The Labute approximate surface area is 241 Å². The van der Waals surface area contributed by atoms with Crippen molar-refractivity contribution in [1.29, 1.82) is 0 Å². The average Bonchev–Trinajstić information content (AvgIpc) is 3.64. The Morgan fingerprint density at radius 2 is 1.83 bits per heavy atom. The summed E-state index contributed by atoms with van der Waals surface area (Å²) in [6, 6.07) is 8.92. The highest BCUT2D eigenvalue weighted by Gasteiger charge is 2.41. The molecule has 0 bridgehead atoms. The zero-order valence-corrected chi connectivity index (χ0v) is 24.4. The summed E-state index contributed by atoms with van der Waals surface area (Å²) in [5.74, 6) is -0.174. The molecule has 41 heavy (non-hydrogen) atoms. The van der Waals surface area contributed by atoms with Gasteiger partial charge in [0.05, 0.1) is 24.3 Å². The highest BCUT2D eigenvalue weighted by atomic mass is 19.1. The first-order valence-electron chi connectivity index (χ1n) is 15.0. The molecule has 0 saturated heterocycles. The highest BCUT2D eigenvalue weighted by molar-refractivity contribution is 5.83. The fraction of sp³-hybridized carbons (Fsp3) is 0.531. The van der Waals surface area contributed by atoms with Crippen LogP contribution in [-0.4, -0.2) is 42.7 Å². The second-order valence-electron chi connectivity index (χ2n) is 11.7. The molecule has 0 spiro atoms. The van der Waals surface area contributed by atoms with E-state index in [1.807, 2.05) is 12.3 Å². The van der Waals surface area contributed by atoms with Gasteiger partial charge in [0.1, 0.15) is 29.9 Å². The summed E-state index contributed by atoms with van der Waals surface area (Å²) in [7, 11) is 0. The predicted octanol–water partition coefficient (Wildman–Crippen LogP) is 6.88. The Morgan fingerprint density at radius 3 is 2.51 bits per heavy atom. The summed E-state index contributed by atoms with van der Waals surface area (Å²) in [5.41, 5.74) is 0.211. The van der Waals surface area contributed by atoms with Crippen molar-refractivity contribution in [2.24, 2.45) is 11.8 Å². The van der Waals surface area contributed by atoms with Crippen LogP contribution in [0, 0.1) is 23.5 Å². The fourth-order valence-electron chi connectivity index (χ4n) is 6.42. The first-order valence-corrected chi connectivity index (χ1v) is 15.0. The highest BCUT2D eigenvalue weighted by Crippen LogP contribution is 2.38. The number of hydrogen-bond acceptors (Lipinski definition) is 5. The number of nitrogens with zero attached hydrogens (tertiary/aromatic N) is 6. The van der Waals surface area contributed by atoms with Gasteiger partial charge in [-0.25, -0.2) is 18.4 Å². The van der Waals surface area contributed by atoms with Crippen molar-refractivity contribution in [3.05, 3.63) is 72.4 Å². The van der Waals surface area contributed by atoms with E-state index >= 15 is 4.39 Å². The van der Waals surface area contributed by atoms with E-state index in [0.717, 1.165) is 49.0 Å². The molecule has 2 heterocycles. The standard InChI is InChI=1S/C32H42F2N6O/c1-4-24(5-2)18-38(19-25-9-7-6-8-10-25)28-12-14-31-26(15-28)17-36-40(31)23(3)32(41,20-39-22-35-21-37-39)29-13-11-27(33)16-30(29)34/h11-17,21-25,41H,4-10,18-20H2,1-3H3/t23-,32-/m1/s1. The van der Waals surface area contributed by atoms with Gasteiger partial charge in [0.15, 0.2) is 0 Å². The number of rotatable bonds is 12. The number of hydrogen-bond donors (Lipinski definition) is 1. The normalized spacial score (nSPS) is 16.8. The summed E-state index contributed by atoms with van der Waals surface area (Å²) in [4.78, 5) is 6.53. The summed E-state index contributed by atoms with van der Waals surface area (Å²) in [6.45, 7) is 8.34. The third-order valence-corrected chi connectivity index (χ3v) is 9.11. The third kappa shape index (κ3) is 6.30. The SMILES string of the molecule is CCC(CC)CN(CC1CCCCC1)c1ccc2c(cnn2[C@H](C)[C@](O)(Cn2cncn2)c2ccc(F)cc2F)c1. The Kier molecular flexibility index (Phi) is 9.02. The Hall–Kier alpha value is -3.33. The van der Waals surface area contributed by atoms with E-state index in [2.05, 4.69) is 46.1 Å². The van der Waals surface area contributed by atoms with Crippen molar-refractivity contribution in [3.63, 3.8) is 0 Å². The van der Waals surface area contributed by atoms with Crippen LogP contribution in [0.2, 0.25) is 0 Å². The van der Waals surface area contributed by atoms with Crippen molar-refractivity contribution in [1.82, 2.24) is 24.5 Å². The topological polar surface area (TPSA) is 72.0 Å². The minimum Gasteiger partial charge on any atom is -0.381 e. The zero-order valence-electron chi connectivity index (χ0n) is 24.4. The maximum absolute atomic E-state index is 15.1. The summed E-state index contributed by atoms with van der Waals surface area (Å²) in [6.07, 6.45) is 13.5. The molecule has 2 aromatic heterocycles. The molecule has 1 N–H and O–H groups in total. The van der Waals surface area contributed by atoms with Crippen LogP contribution in [0.5, 0.6) is 0 Å². The molecule has 9 heteroatoms. The second-order valence-corrected chi connectivity index (χ2v) is 11.7. The maximum atomic E-state index is 15.1. The first kappa shape index (κ1) is 29.2. The summed E-state index contributed by atoms with van der Waals surface area (Å²) >= 11 is 0. The van der Waals surface area contributed by atoms with Crippen LogP contribution in [0.25, 0.3) is 10.9 Å². The number of anilines is 1. The molecule has 0 aliphatic heterocycles. The van der Waals surface area contributed by atoms with Gasteiger partial charge in [-0.2, -0.15) is 10.2 Å². The van der Waals surface area contributed by atoms with E-state index < -0.39 is 23.3 Å². The molecule has 0 unspecified atom stereocenters. The van der Waals surface area contributed by atoms with E-state index in [4.69, 9.17) is 0 Å². The van der Waals surface area contributed by atoms with E-state index in [1.165, 1.54) is 61.2 Å². The average molecular weight is 565 g/mol. The molecule has 0 radical (unpaired) electrons. The number of aromatic nitrogens is 5. The van der Waals surface area contributed by atoms with E-state index in [1.54, 1.807) is 11.6 Å². The van der Waals surface area contributed by atoms with Crippen LogP contribution >= 0.6 is 0 Å². The summed E-state index contributed by atoms with van der Waals surface area (Å²) < 4.78 is 32.1. The fourth-order valence-corrected chi connectivity index (χ4v) is 6.42. The zero-order chi connectivity index (χ0) is 29.0. The lowest BCUT2D eigenvalue weighted by molar-refractivity contribution is -0.0354. The molecule has 220 valence electrons. The minimum absolute atomic E-state index is 0.0222.